The molecule has 0 spiro atoms. The smallest absolute Gasteiger partial charge is 0.306 e. The number of ether oxygens (including phenoxy) is 3. The van der Waals surface area contributed by atoms with E-state index in [1.54, 1.807) is 0 Å². The van der Waals surface area contributed by atoms with Crippen LogP contribution in [0.15, 0.2) is 122 Å². The Morgan fingerprint density at radius 3 is 0.884 bits per heavy atom. The molecule has 1 unspecified atom stereocenters. The minimum absolute atomic E-state index is 0.0898. The highest BCUT2D eigenvalue weighted by Crippen LogP contribution is 2.14. The Kier molecular flexibility index (Phi) is 53.0. The fourth-order valence-electron chi connectivity index (χ4n) is 7.32. The predicted octanol–water partition coefficient (Wildman–Crippen LogP) is 18.9. The molecule has 0 aliphatic heterocycles. The van der Waals surface area contributed by atoms with Crippen LogP contribution in [0.25, 0.3) is 0 Å². The maximum Gasteiger partial charge on any atom is 0.306 e. The van der Waals surface area contributed by atoms with Gasteiger partial charge < -0.3 is 14.2 Å². The van der Waals surface area contributed by atoms with Gasteiger partial charge in [-0.3, -0.25) is 14.4 Å². The van der Waals surface area contributed by atoms with Crippen LogP contribution >= 0.6 is 0 Å². The third kappa shape index (κ3) is 54.6. The number of hydrogen-bond donors (Lipinski definition) is 0. The summed E-state index contributed by atoms with van der Waals surface area (Å²) in [6.45, 7) is 6.30. The van der Waals surface area contributed by atoms with Gasteiger partial charge in [-0.1, -0.05) is 232 Å². The second-order valence-corrected chi connectivity index (χ2v) is 18.1. The van der Waals surface area contributed by atoms with E-state index >= 15 is 0 Å². The van der Waals surface area contributed by atoms with E-state index in [4.69, 9.17) is 14.2 Å². The van der Waals surface area contributed by atoms with Gasteiger partial charge in [-0.15, -0.1) is 0 Å². The lowest BCUT2D eigenvalue weighted by atomic mass is 10.1. The first kappa shape index (κ1) is 64.8. The zero-order valence-electron chi connectivity index (χ0n) is 44.5. The normalized spacial score (nSPS) is 13.0. The Morgan fingerprint density at radius 1 is 0.304 bits per heavy atom. The second kappa shape index (κ2) is 56.4. The molecule has 0 radical (unpaired) electrons. The summed E-state index contributed by atoms with van der Waals surface area (Å²) in [5.74, 6) is -0.930. The molecule has 0 aliphatic rings. The summed E-state index contributed by atoms with van der Waals surface area (Å²) >= 11 is 0. The van der Waals surface area contributed by atoms with Crippen molar-refractivity contribution >= 4 is 17.9 Å². The first-order valence-corrected chi connectivity index (χ1v) is 28.0. The van der Waals surface area contributed by atoms with Gasteiger partial charge in [0.15, 0.2) is 6.10 Å². The fraction of sp³-hybridized carbons (Fsp3) is 0.635. The topological polar surface area (TPSA) is 78.9 Å². The third-order valence-electron chi connectivity index (χ3n) is 11.5. The van der Waals surface area contributed by atoms with Gasteiger partial charge in [-0.2, -0.15) is 0 Å². The van der Waals surface area contributed by atoms with E-state index in [1.807, 2.05) is 0 Å². The predicted molar refractivity (Wildman–Crippen MR) is 297 cm³/mol. The highest BCUT2D eigenvalue weighted by Gasteiger charge is 2.19. The Bertz CT molecular complexity index is 1470. The molecular weight excluding hydrogens is 853 g/mol. The van der Waals surface area contributed by atoms with Crippen LogP contribution in [0.2, 0.25) is 0 Å². The zero-order valence-corrected chi connectivity index (χ0v) is 44.5. The SMILES string of the molecule is CC/C=C\C/C=C\C/C=C\C/C=C\C/C=C\CCCCCCCCCC(=O)OCC(COC(=O)CCCCCCC)OC(=O)CCCCCCCCC/C=C\C/C=C\C/C=C\C/C=C\C/C=C\CC. The number of carbonyl (C=O) groups is 3. The summed E-state index contributed by atoms with van der Waals surface area (Å²) in [6.07, 6.45) is 78.0. The highest BCUT2D eigenvalue weighted by atomic mass is 16.6. The second-order valence-electron chi connectivity index (χ2n) is 18.1. The lowest BCUT2D eigenvalue weighted by molar-refractivity contribution is -0.167. The molecule has 0 bridgehead atoms. The Labute approximate surface area is 424 Å². The van der Waals surface area contributed by atoms with Gasteiger partial charge in [0, 0.05) is 19.3 Å². The van der Waals surface area contributed by atoms with Gasteiger partial charge in [0.1, 0.15) is 13.2 Å². The zero-order chi connectivity index (χ0) is 50.0. The maximum absolute atomic E-state index is 12.8. The summed E-state index contributed by atoms with van der Waals surface area (Å²) in [6, 6.07) is 0. The molecule has 69 heavy (non-hydrogen) atoms. The molecule has 0 saturated heterocycles. The molecule has 0 rings (SSSR count). The number of hydrogen-bond acceptors (Lipinski definition) is 6. The van der Waals surface area contributed by atoms with Crippen molar-refractivity contribution in [2.45, 2.75) is 245 Å². The van der Waals surface area contributed by atoms with E-state index in [1.165, 1.54) is 51.4 Å². The van der Waals surface area contributed by atoms with Gasteiger partial charge in [0.05, 0.1) is 0 Å². The molecule has 0 saturated carbocycles. The van der Waals surface area contributed by atoms with Crippen molar-refractivity contribution in [1.29, 1.82) is 0 Å². The van der Waals surface area contributed by atoms with Gasteiger partial charge in [0.25, 0.3) is 0 Å². The van der Waals surface area contributed by atoms with Crippen molar-refractivity contribution in [3.63, 3.8) is 0 Å². The Hall–Kier alpha value is -4.19. The summed E-state index contributed by atoms with van der Waals surface area (Å²) < 4.78 is 16.7. The molecule has 6 nitrogen and oxygen atoms in total. The fourth-order valence-corrected chi connectivity index (χ4v) is 7.32. The average molecular weight is 956 g/mol. The van der Waals surface area contributed by atoms with Gasteiger partial charge in [0.2, 0.25) is 0 Å². The van der Waals surface area contributed by atoms with Gasteiger partial charge in [-0.05, 0) is 109 Å². The molecular formula is C63H102O6. The quantitative estimate of drug-likeness (QED) is 0.0262. The first-order valence-electron chi connectivity index (χ1n) is 28.0. The van der Waals surface area contributed by atoms with E-state index in [9.17, 15) is 14.4 Å². The Morgan fingerprint density at radius 2 is 0.565 bits per heavy atom. The molecule has 0 aromatic heterocycles. The van der Waals surface area contributed by atoms with E-state index in [0.29, 0.717) is 19.3 Å². The van der Waals surface area contributed by atoms with Crippen LogP contribution < -0.4 is 0 Å². The first-order chi connectivity index (χ1) is 34.0. The van der Waals surface area contributed by atoms with Gasteiger partial charge in [-0.25, -0.2) is 0 Å². The van der Waals surface area contributed by atoms with Crippen molar-refractivity contribution in [2.75, 3.05) is 13.2 Å². The van der Waals surface area contributed by atoms with Crippen LogP contribution in [0, 0.1) is 0 Å². The number of carbonyl (C=O) groups excluding carboxylic acids is 3. The van der Waals surface area contributed by atoms with E-state index in [0.717, 1.165) is 148 Å². The molecule has 0 aliphatic carbocycles. The molecule has 0 amide bonds. The summed E-state index contributed by atoms with van der Waals surface area (Å²) in [5, 5.41) is 0. The molecule has 0 N–H and O–H groups in total. The minimum Gasteiger partial charge on any atom is -0.462 e. The van der Waals surface area contributed by atoms with Crippen molar-refractivity contribution in [3.05, 3.63) is 122 Å². The van der Waals surface area contributed by atoms with E-state index in [-0.39, 0.29) is 31.1 Å². The maximum atomic E-state index is 12.8. The van der Waals surface area contributed by atoms with E-state index in [2.05, 4.69) is 142 Å². The highest BCUT2D eigenvalue weighted by molar-refractivity contribution is 5.71. The van der Waals surface area contributed by atoms with Crippen LogP contribution in [0.1, 0.15) is 239 Å². The average Bonchev–Trinajstić information content (AvgIpc) is 3.35. The van der Waals surface area contributed by atoms with Crippen LogP contribution in [0.4, 0.5) is 0 Å². The molecule has 390 valence electrons. The van der Waals surface area contributed by atoms with Crippen LogP contribution in [0.3, 0.4) is 0 Å². The molecule has 1 atom stereocenters. The van der Waals surface area contributed by atoms with Crippen molar-refractivity contribution < 1.29 is 28.6 Å². The van der Waals surface area contributed by atoms with Gasteiger partial charge >= 0.3 is 17.9 Å². The number of rotatable bonds is 49. The Balaban J connectivity index is 4.19. The lowest BCUT2D eigenvalue weighted by Crippen LogP contribution is -2.30. The number of esters is 3. The molecule has 6 heteroatoms. The van der Waals surface area contributed by atoms with Crippen molar-refractivity contribution in [1.82, 2.24) is 0 Å². The monoisotopic (exact) mass is 955 g/mol. The number of unbranched alkanes of at least 4 members (excludes halogenated alkanes) is 18. The molecule has 0 heterocycles. The molecule has 0 aromatic carbocycles. The standard InChI is InChI=1S/C63H102O6/c1-4-7-10-13-15-17-19-21-23-25-27-29-31-33-35-37-39-41-43-45-47-50-53-56-62(65)68-59-60(58-67-61(64)55-52-49-12-9-6-3)69-63(66)57-54-51-48-46-44-42-40-38-36-34-32-30-28-26-24-22-20-18-16-14-11-8-5-2/h7-8,10-11,15-18,21-24,27-30,33-36,60H,4-6,9,12-14,19-20,25-26,31-32,37-59H2,1-3H3/b10-7-,11-8-,17-15-,18-16-,23-21-,24-22-,29-27-,30-28-,35-33-,36-34-. The van der Waals surface area contributed by atoms with Crippen LogP contribution in [0.5, 0.6) is 0 Å². The summed E-state index contributed by atoms with van der Waals surface area (Å²) in [7, 11) is 0. The lowest BCUT2D eigenvalue weighted by Gasteiger charge is -2.18. The van der Waals surface area contributed by atoms with Crippen molar-refractivity contribution in [2.24, 2.45) is 0 Å². The summed E-state index contributed by atoms with van der Waals surface area (Å²) in [5.41, 5.74) is 0. The molecule has 0 fully saturated rings. The third-order valence-corrected chi connectivity index (χ3v) is 11.5. The molecule has 0 aromatic rings. The van der Waals surface area contributed by atoms with E-state index < -0.39 is 6.10 Å². The largest absolute Gasteiger partial charge is 0.462 e. The summed E-state index contributed by atoms with van der Waals surface area (Å²) in [4.78, 5) is 37.8. The minimum atomic E-state index is -0.789. The van der Waals surface area contributed by atoms with Crippen molar-refractivity contribution in [3.8, 4) is 0 Å². The number of allylic oxidation sites excluding steroid dienone is 20. The van der Waals surface area contributed by atoms with Crippen LogP contribution in [-0.4, -0.2) is 37.2 Å². The van der Waals surface area contributed by atoms with Crippen LogP contribution in [-0.2, 0) is 28.6 Å².